The number of hydrogen-bond donors (Lipinski definition) is 4. The molecule has 0 bridgehead atoms. The minimum Gasteiger partial charge on any atom is -0.364 e. The number of hydrogen-bond acceptors (Lipinski definition) is 5. The van der Waals surface area contributed by atoms with Crippen molar-refractivity contribution in [3.8, 4) is 11.3 Å². The number of H-pyrrole nitrogens is 2. The van der Waals surface area contributed by atoms with Crippen LogP contribution in [-0.4, -0.2) is 32.5 Å². The van der Waals surface area contributed by atoms with Gasteiger partial charge in [0.05, 0.1) is 5.69 Å². The van der Waals surface area contributed by atoms with Gasteiger partial charge < -0.3 is 15.7 Å². The maximum absolute atomic E-state index is 12.6. The fraction of sp³-hybridized carbons (Fsp3) is 0.222. The normalized spacial score (nSPS) is 13.4. The van der Waals surface area contributed by atoms with Crippen molar-refractivity contribution in [1.29, 1.82) is 0 Å². The van der Waals surface area contributed by atoms with E-state index in [1.165, 1.54) is 11.3 Å². The highest BCUT2D eigenvalue weighted by Gasteiger charge is 2.26. The zero-order chi connectivity index (χ0) is 19.1. The average molecular weight is 383 g/mol. The molecule has 1 aliphatic carbocycles. The highest BCUT2D eigenvalue weighted by Crippen LogP contribution is 2.28. The van der Waals surface area contributed by atoms with Crippen LogP contribution < -0.4 is 11.1 Å². The average Bonchev–Trinajstić information content (AvgIpc) is 3.33. The molecule has 8 nitrogen and oxygen atoms in total. The van der Waals surface area contributed by atoms with E-state index >= 15 is 0 Å². The van der Waals surface area contributed by atoms with E-state index in [2.05, 4.69) is 20.3 Å². The number of carbonyl (C=O) groups is 3. The molecule has 4 rings (SSSR count). The van der Waals surface area contributed by atoms with Gasteiger partial charge in [-0.1, -0.05) is 0 Å². The summed E-state index contributed by atoms with van der Waals surface area (Å²) >= 11 is 1.27. The second-order valence-electron chi connectivity index (χ2n) is 6.41. The first kappa shape index (κ1) is 17.2. The minimum atomic E-state index is -0.550. The van der Waals surface area contributed by atoms with Gasteiger partial charge in [-0.25, -0.2) is 4.98 Å². The Kier molecular flexibility index (Phi) is 4.15. The first-order valence-electron chi connectivity index (χ1n) is 8.44. The molecule has 3 aromatic heterocycles. The molecule has 0 unspecified atom stereocenters. The Hall–Kier alpha value is -3.20. The highest BCUT2D eigenvalue weighted by atomic mass is 32.1. The monoisotopic (exact) mass is 383 g/mol. The first-order chi connectivity index (χ1) is 12.9. The van der Waals surface area contributed by atoms with Crippen molar-refractivity contribution in [1.82, 2.24) is 15.0 Å². The molecule has 9 heteroatoms. The van der Waals surface area contributed by atoms with Crippen molar-refractivity contribution in [3.05, 3.63) is 45.9 Å². The van der Waals surface area contributed by atoms with Gasteiger partial charge in [-0.05, 0) is 31.4 Å². The number of aromatic nitrogens is 3. The maximum atomic E-state index is 12.6. The molecule has 0 atom stereocenters. The van der Waals surface area contributed by atoms with Crippen molar-refractivity contribution in [2.75, 3.05) is 5.32 Å². The van der Waals surface area contributed by atoms with Crippen LogP contribution in [0.1, 0.15) is 55.4 Å². The molecule has 27 heavy (non-hydrogen) atoms. The summed E-state index contributed by atoms with van der Waals surface area (Å²) < 4.78 is 0. The second kappa shape index (κ2) is 6.51. The van der Waals surface area contributed by atoms with Crippen LogP contribution in [0.15, 0.2) is 17.6 Å². The molecule has 0 spiro atoms. The third-order valence-electron chi connectivity index (χ3n) is 4.63. The van der Waals surface area contributed by atoms with Crippen LogP contribution in [0.2, 0.25) is 0 Å². The Morgan fingerprint density at radius 3 is 2.85 bits per heavy atom. The quantitative estimate of drug-likeness (QED) is 0.551. The Balaban J connectivity index is 1.55. The molecular formula is C18H17N5O3S. The van der Waals surface area contributed by atoms with Crippen molar-refractivity contribution in [2.45, 2.75) is 26.2 Å². The van der Waals surface area contributed by atoms with Crippen LogP contribution in [0.4, 0.5) is 5.13 Å². The number of primary amides is 1. The van der Waals surface area contributed by atoms with Gasteiger partial charge in [0.2, 0.25) is 0 Å². The zero-order valence-corrected chi connectivity index (χ0v) is 15.3. The van der Waals surface area contributed by atoms with Gasteiger partial charge in [0.25, 0.3) is 11.8 Å². The van der Waals surface area contributed by atoms with Gasteiger partial charge in [0.1, 0.15) is 11.4 Å². The standard InChI is InChI=1S/C18H17N5O3S/c1-8-14-10(3-2-4-13(14)24)21-15(8)17(26)23-18-22-12(7-27-18)9-5-11(16(19)25)20-6-9/h5-7,20-21H,2-4H2,1H3,(H2,19,25)(H,22,23,26). The summed E-state index contributed by atoms with van der Waals surface area (Å²) in [5, 5.41) is 4.97. The molecule has 0 aromatic carbocycles. The Bertz CT molecular complexity index is 1070. The molecule has 2 amide bonds. The number of Topliss-reactive ketones (excluding diaryl/α,β-unsaturated/α-hetero) is 1. The fourth-order valence-corrected chi connectivity index (χ4v) is 4.02. The van der Waals surface area contributed by atoms with E-state index in [-0.39, 0.29) is 11.7 Å². The predicted molar refractivity (Wildman–Crippen MR) is 101 cm³/mol. The Labute approximate surface area is 158 Å². The van der Waals surface area contributed by atoms with E-state index in [1.807, 2.05) is 0 Å². The van der Waals surface area contributed by atoms with Crippen LogP contribution in [-0.2, 0) is 6.42 Å². The lowest BCUT2D eigenvalue weighted by molar-refractivity contribution is 0.0969. The molecule has 1 aliphatic rings. The van der Waals surface area contributed by atoms with Gasteiger partial charge in [-0.15, -0.1) is 11.3 Å². The van der Waals surface area contributed by atoms with E-state index < -0.39 is 5.91 Å². The van der Waals surface area contributed by atoms with Crippen molar-refractivity contribution >= 4 is 34.1 Å². The van der Waals surface area contributed by atoms with E-state index in [1.54, 1.807) is 24.6 Å². The summed E-state index contributed by atoms with van der Waals surface area (Å²) in [5.41, 5.74) is 9.41. The number of amides is 2. The minimum absolute atomic E-state index is 0.0818. The van der Waals surface area contributed by atoms with Crippen LogP contribution in [0.25, 0.3) is 11.3 Å². The van der Waals surface area contributed by atoms with Gasteiger partial charge in [-0.3, -0.25) is 19.7 Å². The Morgan fingerprint density at radius 1 is 1.33 bits per heavy atom. The summed E-state index contributed by atoms with van der Waals surface area (Å²) in [6.07, 6.45) is 3.72. The number of nitrogens with zero attached hydrogens (tertiary/aromatic N) is 1. The summed E-state index contributed by atoms with van der Waals surface area (Å²) in [6.45, 7) is 1.78. The van der Waals surface area contributed by atoms with E-state index in [0.717, 1.165) is 18.5 Å². The number of aromatic amines is 2. The van der Waals surface area contributed by atoms with Crippen LogP contribution >= 0.6 is 11.3 Å². The van der Waals surface area contributed by atoms with Crippen molar-refractivity contribution in [3.63, 3.8) is 0 Å². The predicted octanol–water partition coefficient (Wildman–Crippen LogP) is 2.64. The smallest absolute Gasteiger partial charge is 0.274 e. The molecule has 3 heterocycles. The van der Waals surface area contributed by atoms with Crippen molar-refractivity contribution in [2.24, 2.45) is 5.73 Å². The number of nitrogens with one attached hydrogen (secondary N) is 3. The lowest BCUT2D eigenvalue weighted by Gasteiger charge is -2.09. The SMILES string of the molecule is Cc1c(C(=O)Nc2nc(-c3c[nH]c(C(N)=O)c3)cs2)[nH]c2c1C(=O)CCC2. The number of nitrogens with two attached hydrogens (primary N) is 1. The summed E-state index contributed by atoms with van der Waals surface area (Å²) in [4.78, 5) is 46.2. The molecule has 0 fully saturated rings. The number of anilines is 1. The number of carbonyl (C=O) groups excluding carboxylic acids is 3. The molecule has 0 aliphatic heterocycles. The molecule has 0 saturated heterocycles. The topological polar surface area (TPSA) is 134 Å². The fourth-order valence-electron chi connectivity index (χ4n) is 3.31. The van der Waals surface area contributed by atoms with Gasteiger partial charge in [-0.2, -0.15) is 0 Å². The number of thiazole rings is 1. The summed E-state index contributed by atoms with van der Waals surface area (Å²) in [7, 11) is 0. The molecule has 0 saturated carbocycles. The number of rotatable bonds is 4. The number of fused-ring (bicyclic) bond motifs is 1. The summed E-state index contributed by atoms with van der Waals surface area (Å²) in [5.74, 6) is -0.800. The summed E-state index contributed by atoms with van der Waals surface area (Å²) in [6, 6.07) is 1.61. The highest BCUT2D eigenvalue weighted by molar-refractivity contribution is 7.14. The number of ketones is 1. The molecule has 0 radical (unpaired) electrons. The number of aryl methyl sites for hydroxylation is 1. The zero-order valence-electron chi connectivity index (χ0n) is 14.5. The van der Waals surface area contributed by atoms with Gasteiger partial charge in [0.15, 0.2) is 10.9 Å². The third-order valence-corrected chi connectivity index (χ3v) is 5.39. The second-order valence-corrected chi connectivity index (χ2v) is 7.27. The van der Waals surface area contributed by atoms with Crippen LogP contribution in [0.5, 0.6) is 0 Å². The molecular weight excluding hydrogens is 366 g/mol. The maximum Gasteiger partial charge on any atom is 0.274 e. The third kappa shape index (κ3) is 3.06. The molecule has 5 N–H and O–H groups in total. The lowest BCUT2D eigenvalue weighted by Crippen LogP contribution is -2.13. The van der Waals surface area contributed by atoms with Gasteiger partial charge >= 0.3 is 0 Å². The first-order valence-corrected chi connectivity index (χ1v) is 9.32. The molecule has 138 valence electrons. The largest absolute Gasteiger partial charge is 0.364 e. The van der Waals surface area contributed by atoms with Crippen molar-refractivity contribution < 1.29 is 14.4 Å². The Morgan fingerprint density at radius 2 is 2.15 bits per heavy atom. The van der Waals surface area contributed by atoms with E-state index in [4.69, 9.17) is 5.73 Å². The lowest BCUT2D eigenvalue weighted by atomic mass is 9.94. The van der Waals surface area contributed by atoms with Gasteiger partial charge in [0, 0.05) is 34.8 Å². The van der Waals surface area contributed by atoms with E-state index in [0.29, 0.717) is 45.3 Å². The van der Waals surface area contributed by atoms with Crippen LogP contribution in [0.3, 0.4) is 0 Å². The van der Waals surface area contributed by atoms with E-state index in [9.17, 15) is 14.4 Å². The van der Waals surface area contributed by atoms with Crippen LogP contribution in [0, 0.1) is 6.92 Å². The molecule has 3 aromatic rings.